The molecule has 0 spiro atoms. The lowest BCUT2D eigenvalue weighted by Gasteiger charge is -2.22. The lowest BCUT2D eigenvalue weighted by atomic mass is 10.1. The Labute approximate surface area is 169 Å². The molecule has 0 saturated carbocycles. The summed E-state index contributed by atoms with van der Waals surface area (Å²) >= 11 is 0. The van der Waals surface area contributed by atoms with Gasteiger partial charge < -0.3 is 15.0 Å². The molecule has 0 unspecified atom stereocenters. The molecule has 2 fully saturated rings. The Morgan fingerprint density at radius 2 is 1.72 bits per heavy atom. The van der Waals surface area contributed by atoms with Crippen molar-refractivity contribution in [3.05, 3.63) is 54.6 Å². The van der Waals surface area contributed by atoms with Crippen LogP contribution in [-0.4, -0.2) is 49.2 Å². The van der Waals surface area contributed by atoms with Gasteiger partial charge in [0.2, 0.25) is 11.8 Å². The molecule has 152 valence electrons. The molecule has 29 heavy (non-hydrogen) atoms. The summed E-state index contributed by atoms with van der Waals surface area (Å²) in [5.74, 6) is 0.607. The van der Waals surface area contributed by atoms with Gasteiger partial charge in [-0.1, -0.05) is 18.2 Å². The third-order valence-electron chi connectivity index (χ3n) is 5.28. The van der Waals surface area contributed by atoms with Gasteiger partial charge in [0.1, 0.15) is 11.5 Å². The first-order chi connectivity index (χ1) is 13.9. The van der Waals surface area contributed by atoms with E-state index in [0.717, 1.165) is 5.75 Å². The van der Waals surface area contributed by atoms with Crippen LogP contribution in [0.3, 0.4) is 0 Å². The number of para-hydroxylation sites is 1. The number of carbonyl (C=O) groups excluding carboxylic acids is 2. The van der Waals surface area contributed by atoms with Crippen molar-refractivity contribution in [2.45, 2.75) is 18.9 Å². The van der Waals surface area contributed by atoms with Crippen molar-refractivity contribution >= 4 is 27.3 Å². The van der Waals surface area contributed by atoms with E-state index in [2.05, 4.69) is 5.32 Å². The highest BCUT2D eigenvalue weighted by Crippen LogP contribution is 2.28. The smallest absolute Gasteiger partial charge is 0.229 e. The van der Waals surface area contributed by atoms with Crippen molar-refractivity contribution < 1.29 is 22.7 Å². The highest BCUT2D eigenvalue weighted by Gasteiger charge is 2.41. The maximum atomic E-state index is 12.6. The number of nitrogens with zero attached hydrogens (tertiary/aromatic N) is 1. The summed E-state index contributed by atoms with van der Waals surface area (Å²) in [6.45, 7) is 0.264. The Morgan fingerprint density at radius 1 is 1.03 bits per heavy atom. The third-order valence-corrected chi connectivity index (χ3v) is 7.03. The quantitative estimate of drug-likeness (QED) is 0.811. The zero-order chi connectivity index (χ0) is 20.4. The SMILES string of the molecule is O=C(Nc1ccc(Oc2ccccc2)cc1)[C@@H]1CC(=O)N([C@@H]2CCS(=O)(=O)C2)C1. The first-order valence-corrected chi connectivity index (χ1v) is 11.4. The summed E-state index contributed by atoms with van der Waals surface area (Å²) < 4.78 is 29.1. The Morgan fingerprint density at radius 3 is 2.38 bits per heavy atom. The standard InChI is InChI=1S/C21H22N2O5S/c24-20-12-15(13-23(20)17-10-11-29(26,27)14-17)21(25)22-16-6-8-19(9-7-16)28-18-4-2-1-3-5-18/h1-9,15,17H,10-14H2,(H,22,25)/t15-,17-/m1/s1. The first kappa shape index (κ1) is 19.4. The average molecular weight is 414 g/mol. The van der Waals surface area contributed by atoms with E-state index in [1.165, 1.54) is 0 Å². The normalized spacial score (nSPS) is 23.2. The molecule has 1 N–H and O–H groups in total. The molecule has 2 amide bonds. The van der Waals surface area contributed by atoms with Gasteiger partial charge in [-0.25, -0.2) is 8.42 Å². The van der Waals surface area contributed by atoms with Crippen LogP contribution < -0.4 is 10.1 Å². The van der Waals surface area contributed by atoms with Crippen LogP contribution in [0.5, 0.6) is 11.5 Å². The molecule has 2 heterocycles. The zero-order valence-electron chi connectivity index (χ0n) is 15.8. The van der Waals surface area contributed by atoms with Gasteiger partial charge in [0.25, 0.3) is 0 Å². The average Bonchev–Trinajstić information content (AvgIpc) is 3.26. The van der Waals surface area contributed by atoms with Crippen molar-refractivity contribution in [3.8, 4) is 11.5 Å². The van der Waals surface area contributed by atoms with Crippen LogP contribution in [0.2, 0.25) is 0 Å². The van der Waals surface area contributed by atoms with Crippen molar-refractivity contribution in [2.24, 2.45) is 5.92 Å². The minimum atomic E-state index is -3.08. The predicted molar refractivity (Wildman–Crippen MR) is 108 cm³/mol. The highest BCUT2D eigenvalue weighted by atomic mass is 32.2. The van der Waals surface area contributed by atoms with Gasteiger partial charge in [-0.2, -0.15) is 0 Å². The van der Waals surface area contributed by atoms with Crippen LogP contribution >= 0.6 is 0 Å². The number of sulfone groups is 1. The molecular formula is C21H22N2O5S. The molecule has 2 aromatic rings. The van der Waals surface area contributed by atoms with Gasteiger partial charge in [-0.3, -0.25) is 9.59 Å². The molecular weight excluding hydrogens is 392 g/mol. The van der Waals surface area contributed by atoms with Crippen LogP contribution in [-0.2, 0) is 19.4 Å². The predicted octanol–water partition coefficient (Wildman–Crippen LogP) is 2.45. The van der Waals surface area contributed by atoms with Gasteiger partial charge in [-0.15, -0.1) is 0 Å². The lowest BCUT2D eigenvalue weighted by Crippen LogP contribution is -2.38. The van der Waals surface area contributed by atoms with Crippen LogP contribution in [0.1, 0.15) is 12.8 Å². The molecule has 0 bridgehead atoms. The zero-order valence-corrected chi connectivity index (χ0v) is 16.6. The molecule has 0 aliphatic carbocycles. The topological polar surface area (TPSA) is 92.8 Å². The van der Waals surface area contributed by atoms with Crippen molar-refractivity contribution in [2.75, 3.05) is 23.4 Å². The van der Waals surface area contributed by atoms with Crippen LogP contribution in [0.4, 0.5) is 5.69 Å². The monoisotopic (exact) mass is 414 g/mol. The molecule has 2 aliphatic heterocycles. The van der Waals surface area contributed by atoms with E-state index >= 15 is 0 Å². The Hall–Kier alpha value is -2.87. The highest BCUT2D eigenvalue weighted by molar-refractivity contribution is 7.91. The van der Waals surface area contributed by atoms with E-state index in [0.29, 0.717) is 17.9 Å². The van der Waals surface area contributed by atoms with E-state index < -0.39 is 15.8 Å². The molecule has 0 aromatic heterocycles. The number of hydrogen-bond donors (Lipinski definition) is 1. The number of amides is 2. The molecule has 4 rings (SSSR count). The number of rotatable bonds is 5. The molecule has 8 heteroatoms. The van der Waals surface area contributed by atoms with E-state index in [1.807, 2.05) is 30.3 Å². The Bertz CT molecular complexity index is 1010. The second-order valence-electron chi connectivity index (χ2n) is 7.43. The molecule has 0 radical (unpaired) electrons. The Kier molecular flexibility index (Phi) is 5.27. The number of hydrogen-bond acceptors (Lipinski definition) is 5. The second kappa shape index (κ2) is 7.87. The largest absolute Gasteiger partial charge is 0.457 e. The molecule has 2 aliphatic rings. The molecule has 7 nitrogen and oxygen atoms in total. The van der Waals surface area contributed by atoms with Gasteiger partial charge in [-0.05, 0) is 42.8 Å². The minimum Gasteiger partial charge on any atom is -0.457 e. The fraction of sp³-hybridized carbons (Fsp3) is 0.333. The van der Waals surface area contributed by atoms with Crippen LogP contribution in [0.25, 0.3) is 0 Å². The summed E-state index contributed by atoms with van der Waals surface area (Å²) in [5, 5.41) is 2.83. The molecule has 2 atom stereocenters. The Balaban J connectivity index is 1.34. The van der Waals surface area contributed by atoms with Crippen LogP contribution in [0.15, 0.2) is 54.6 Å². The minimum absolute atomic E-state index is 0.00401. The summed E-state index contributed by atoms with van der Waals surface area (Å²) in [6, 6.07) is 16.1. The maximum Gasteiger partial charge on any atom is 0.229 e. The number of carbonyl (C=O) groups is 2. The van der Waals surface area contributed by atoms with E-state index in [4.69, 9.17) is 4.74 Å². The van der Waals surface area contributed by atoms with Crippen molar-refractivity contribution in [3.63, 3.8) is 0 Å². The summed E-state index contributed by atoms with van der Waals surface area (Å²) in [6.07, 6.45) is 0.558. The van der Waals surface area contributed by atoms with Crippen molar-refractivity contribution in [1.29, 1.82) is 0 Å². The third kappa shape index (κ3) is 4.59. The van der Waals surface area contributed by atoms with E-state index in [-0.39, 0.29) is 42.3 Å². The maximum absolute atomic E-state index is 12.6. The van der Waals surface area contributed by atoms with Crippen molar-refractivity contribution in [1.82, 2.24) is 4.90 Å². The summed E-state index contributed by atoms with van der Waals surface area (Å²) in [7, 11) is -3.08. The number of nitrogens with one attached hydrogen (secondary N) is 1. The second-order valence-corrected chi connectivity index (χ2v) is 9.66. The van der Waals surface area contributed by atoms with E-state index in [9.17, 15) is 18.0 Å². The van der Waals surface area contributed by atoms with Crippen LogP contribution in [0, 0.1) is 5.92 Å². The number of likely N-dealkylation sites (tertiary alicyclic amines) is 1. The summed E-state index contributed by atoms with van der Waals surface area (Å²) in [4.78, 5) is 26.4. The molecule has 2 saturated heterocycles. The van der Waals surface area contributed by atoms with Gasteiger partial charge in [0.15, 0.2) is 9.84 Å². The fourth-order valence-corrected chi connectivity index (χ4v) is 5.49. The van der Waals surface area contributed by atoms with Gasteiger partial charge in [0.05, 0.1) is 17.4 Å². The van der Waals surface area contributed by atoms with Gasteiger partial charge >= 0.3 is 0 Å². The lowest BCUT2D eigenvalue weighted by molar-refractivity contribution is -0.129. The molecule has 2 aromatic carbocycles. The number of benzene rings is 2. The fourth-order valence-electron chi connectivity index (χ4n) is 3.76. The first-order valence-electron chi connectivity index (χ1n) is 9.53. The van der Waals surface area contributed by atoms with E-state index in [1.54, 1.807) is 29.2 Å². The van der Waals surface area contributed by atoms with Gasteiger partial charge in [0, 0.05) is 24.7 Å². The number of anilines is 1. The summed E-state index contributed by atoms with van der Waals surface area (Å²) in [5.41, 5.74) is 0.616. The number of ether oxygens (including phenoxy) is 1.